The molecule has 1 aliphatic carbocycles. The van der Waals surface area contributed by atoms with Crippen molar-refractivity contribution in [3.63, 3.8) is 0 Å². The Hall–Kier alpha value is -3.54. The lowest BCUT2D eigenvalue weighted by molar-refractivity contribution is 0.0595. The van der Waals surface area contributed by atoms with Gasteiger partial charge >= 0.3 is 12.1 Å². The zero-order valence-electron chi connectivity index (χ0n) is 21.3. The maximum atomic E-state index is 13.3. The largest absolute Gasteiger partial charge is 0.478 e. The van der Waals surface area contributed by atoms with Gasteiger partial charge < -0.3 is 14.4 Å². The van der Waals surface area contributed by atoms with Crippen LogP contribution in [-0.4, -0.2) is 27.3 Å². The SMILES string of the molecule is CC(C)(C)OC(=O)N1C=CCCn2c(c(C3CCCCC3)c3ccc(C(=O)O)cc32)-c2ccccc21. The van der Waals surface area contributed by atoms with Gasteiger partial charge in [0.25, 0.3) is 0 Å². The predicted octanol–water partition coefficient (Wildman–Crippen LogP) is 7.71. The van der Waals surface area contributed by atoms with Gasteiger partial charge in [-0.15, -0.1) is 0 Å². The zero-order chi connectivity index (χ0) is 25.4. The Kier molecular flexibility index (Phi) is 6.37. The van der Waals surface area contributed by atoms with E-state index in [1.807, 2.05) is 63.4 Å². The summed E-state index contributed by atoms with van der Waals surface area (Å²) < 4.78 is 8.04. The molecule has 2 heterocycles. The lowest BCUT2D eigenvalue weighted by atomic mass is 9.81. The molecular formula is C30H34N2O4. The average molecular weight is 487 g/mol. The number of benzene rings is 2. The summed E-state index contributed by atoms with van der Waals surface area (Å²) in [4.78, 5) is 26.8. The van der Waals surface area contributed by atoms with Crippen molar-refractivity contribution in [1.29, 1.82) is 0 Å². The van der Waals surface area contributed by atoms with E-state index in [-0.39, 0.29) is 5.56 Å². The van der Waals surface area contributed by atoms with E-state index < -0.39 is 17.7 Å². The Balaban J connectivity index is 1.79. The Morgan fingerprint density at radius 1 is 1.03 bits per heavy atom. The highest BCUT2D eigenvalue weighted by Crippen LogP contribution is 2.47. The smallest absolute Gasteiger partial charge is 0.418 e. The van der Waals surface area contributed by atoms with Gasteiger partial charge in [-0.05, 0) is 69.7 Å². The Morgan fingerprint density at radius 2 is 1.78 bits per heavy atom. The minimum Gasteiger partial charge on any atom is -0.478 e. The number of allylic oxidation sites excluding steroid dienone is 1. The molecule has 0 bridgehead atoms. The van der Waals surface area contributed by atoms with Crippen LogP contribution in [0.1, 0.15) is 81.1 Å². The quantitative estimate of drug-likeness (QED) is 0.403. The number of amides is 1. The number of carboxylic acid groups (broad SMARTS) is 1. The van der Waals surface area contributed by atoms with Gasteiger partial charge in [0, 0.05) is 29.2 Å². The second-order valence-corrected chi connectivity index (χ2v) is 10.8. The van der Waals surface area contributed by atoms with E-state index in [9.17, 15) is 14.7 Å². The number of aromatic carboxylic acids is 1. The van der Waals surface area contributed by atoms with Crippen LogP contribution in [0.5, 0.6) is 0 Å². The number of hydrogen-bond acceptors (Lipinski definition) is 3. The van der Waals surface area contributed by atoms with Crippen LogP contribution in [0.2, 0.25) is 0 Å². The van der Waals surface area contributed by atoms with Gasteiger partial charge in [0.05, 0.1) is 16.9 Å². The first-order valence-corrected chi connectivity index (χ1v) is 12.9. The van der Waals surface area contributed by atoms with Gasteiger partial charge in [0.1, 0.15) is 5.60 Å². The maximum Gasteiger partial charge on any atom is 0.418 e. The van der Waals surface area contributed by atoms with E-state index in [1.54, 1.807) is 11.0 Å². The number of aryl methyl sites for hydroxylation is 1. The average Bonchev–Trinajstić information content (AvgIpc) is 3.19. The molecule has 1 amide bonds. The highest BCUT2D eigenvalue weighted by atomic mass is 16.6. The molecule has 1 aliphatic heterocycles. The first kappa shape index (κ1) is 24.2. The molecule has 1 saturated carbocycles. The molecule has 36 heavy (non-hydrogen) atoms. The second-order valence-electron chi connectivity index (χ2n) is 10.8. The summed E-state index contributed by atoms with van der Waals surface area (Å²) in [5.74, 6) is -0.531. The normalized spacial score (nSPS) is 16.6. The lowest BCUT2D eigenvalue weighted by Crippen LogP contribution is -2.33. The number of anilines is 1. The number of carbonyl (C=O) groups is 2. The van der Waals surface area contributed by atoms with Gasteiger partial charge in [-0.25, -0.2) is 9.59 Å². The molecule has 1 fully saturated rings. The monoisotopic (exact) mass is 486 g/mol. The fourth-order valence-corrected chi connectivity index (χ4v) is 5.65. The summed E-state index contributed by atoms with van der Waals surface area (Å²) >= 11 is 0. The standard InChI is InChI=1S/C30H34N2O4/c1-30(2,3)36-29(35)32-18-10-9-17-31-25-19-21(28(33)34)15-16-22(25)26(20-11-5-4-6-12-20)27(31)23-13-7-8-14-24(23)32/h7-8,10,13-16,18-20H,4-6,9,11-12,17H2,1-3H3,(H,33,34). The van der Waals surface area contributed by atoms with Gasteiger partial charge in [-0.1, -0.05) is 49.6 Å². The molecule has 1 N–H and O–H groups in total. The highest BCUT2D eigenvalue weighted by Gasteiger charge is 2.31. The van der Waals surface area contributed by atoms with Crippen LogP contribution in [0, 0.1) is 0 Å². The van der Waals surface area contributed by atoms with E-state index in [2.05, 4.69) is 10.6 Å². The van der Waals surface area contributed by atoms with Crippen molar-refractivity contribution in [3.8, 4) is 11.3 Å². The lowest BCUT2D eigenvalue weighted by Gasteiger charge is -2.28. The molecule has 6 nitrogen and oxygen atoms in total. The zero-order valence-corrected chi connectivity index (χ0v) is 21.3. The Morgan fingerprint density at radius 3 is 2.50 bits per heavy atom. The molecule has 0 atom stereocenters. The summed E-state index contributed by atoms with van der Waals surface area (Å²) in [5, 5.41) is 10.8. The van der Waals surface area contributed by atoms with E-state index in [4.69, 9.17) is 4.74 Å². The number of nitrogens with zero attached hydrogens (tertiary/aromatic N) is 2. The number of rotatable bonds is 2. The molecule has 188 valence electrons. The third kappa shape index (κ3) is 4.52. The van der Waals surface area contributed by atoms with Gasteiger partial charge in [-0.3, -0.25) is 4.90 Å². The van der Waals surface area contributed by atoms with Crippen LogP contribution in [0.4, 0.5) is 10.5 Å². The summed E-state index contributed by atoms with van der Waals surface area (Å²) in [6.45, 7) is 6.30. The van der Waals surface area contributed by atoms with Crippen molar-refractivity contribution < 1.29 is 19.4 Å². The third-order valence-corrected chi connectivity index (χ3v) is 7.15. The molecule has 1 aromatic heterocycles. The van der Waals surface area contributed by atoms with Crippen molar-refractivity contribution in [2.45, 2.75) is 77.4 Å². The van der Waals surface area contributed by atoms with E-state index in [0.29, 0.717) is 18.9 Å². The van der Waals surface area contributed by atoms with Crippen molar-refractivity contribution in [1.82, 2.24) is 4.57 Å². The van der Waals surface area contributed by atoms with E-state index in [1.165, 1.54) is 24.8 Å². The topological polar surface area (TPSA) is 71.8 Å². The van der Waals surface area contributed by atoms with E-state index >= 15 is 0 Å². The van der Waals surface area contributed by atoms with Gasteiger partial charge in [0.15, 0.2) is 0 Å². The maximum absolute atomic E-state index is 13.3. The van der Waals surface area contributed by atoms with Crippen LogP contribution in [-0.2, 0) is 11.3 Å². The number of ether oxygens (including phenoxy) is 1. The third-order valence-electron chi connectivity index (χ3n) is 7.15. The van der Waals surface area contributed by atoms with Crippen LogP contribution in [0.25, 0.3) is 22.2 Å². The summed E-state index contributed by atoms with van der Waals surface area (Å²) in [6.07, 6.45) is 9.95. The van der Waals surface area contributed by atoms with Crippen LogP contribution < -0.4 is 4.90 Å². The number of aromatic nitrogens is 1. The number of fused-ring (bicyclic) bond motifs is 5. The highest BCUT2D eigenvalue weighted by molar-refractivity contribution is 6.01. The number of para-hydroxylation sites is 1. The van der Waals surface area contributed by atoms with E-state index in [0.717, 1.165) is 40.7 Å². The van der Waals surface area contributed by atoms with Crippen LogP contribution >= 0.6 is 0 Å². The van der Waals surface area contributed by atoms with Crippen LogP contribution in [0.15, 0.2) is 54.7 Å². The molecule has 5 rings (SSSR count). The molecule has 0 unspecified atom stereocenters. The number of hydrogen-bond donors (Lipinski definition) is 1. The van der Waals surface area contributed by atoms with Gasteiger partial charge in [-0.2, -0.15) is 0 Å². The fraction of sp³-hybridized carbons (Fsp3) is 0.400. The molecule has 0 spiro atoms. The Bertz CT molecular complexity index is 1340. The molecular weight excluding hydrogens is 452 g/mol. The second kappa shape index (κ2) is 9.49. The predicted molar refractivity (Wildman–Crippen MR) is 143 cm³/mol. The molecule has 0 saturated heterocycles. The van der Waals surface area contributed by atoms with Crippen molar-refractivity contribution in [2.75, 3.05) is 4.90 Å². The molecule has 2 aromatic carbocycles. The summed E-state index contributed by atoms with van der Waals surface area (Å²) in [7, 11) is 0. The minimum absolute atomic E-state index is 0.289. The first-order valence-electron chi connectivity index (χ1n) is 12.9. The number of carbonyl (C=O) groups excluding carboxylic acids is 1. The van der Waals surface area contributed by atoms with Crippen LogP contribution in [0.3, 0.4) is 0 Å². The summed E-state index contributed by atoms with van der Waals surface area (Å²) in [6, 6.07) is 13.5. The molecule has 3 aromatic rings. The Labute approximate surface area is 212 Å². The van der Waals surface area contributed by atoms with Gasteiger partial charge in [0.2, 0.25) is 0 Å². The number of carboxylic acids is 1. The van der Waals surface area contributed by atoms with Crippen molar-refractivity contribution in [2.24, 2.45) is 0 Å². The summed E-state index contributed by atoms with van der Waals surface area (Å²) in [5.41, 5.74) is 4.71. The van der Waals surface area contributed by atoms with Crippen molar-refractivity contribution in [3.05, 3.63) is 65.9 Å². The molecule has 6 heteroatoms. The molecule has 0 radical (unpaired) electrons. The first-order chi connectivity index (χ1) is 17.2. The minimum atomic E-state index is -0.925. The van der Waals surface area contributed by atoms with Crippen molar-refractivity contribution >= 4 is 28.7 Å². The fourth-order valence-electron chi connectivity index (χ4n) is 5.65. The molecule has 2 aliphatic rings.